The molecule has 3 rings (SSSR count). The molecule has 3 atom stereocenters. The van der Waals surface area contributed by atoms with E-state index in [1.165, 1.54) is 12.1 Å². The van der Waals surface area contributed by atoms with Gasteiger partial charge in [-0.05, 0) is 30.4 Å². The van der Waals surface area contributed by atoms with Gasteiger partial charge in [0.15, 0.2) is 0 Å². The number of esters is 1. The van der Waals surface area contributed by atoms with Gasteiger partial charge in [-0.3, -0.25) is 14.9 Å². The number of nitro benzene ring substituents is 1. The zero-order valence-electron chi connectivity index (χ0n) is 12.5. The highest BCUT2D eigenvalue weighted by molar-refractivity contribution is 7.99. The number of β-lactam (4-membered cyclic amide) rings is 1. The van der Waals surface area contributed by atoms with Crippen molar-refractivity contribution in [3.63, 3.8) is 0 Å². The summed E-state index contributed by atoms with van der Waals surface area (Å²) in [5.74, 6) is -0.401. The van der Waals surface area contributed by atoms with E-state index in [-0.39, 0.29) is 29.5 Å². The predicted octanol–water partition coefficient (Wildman–Crippen LogP) is 1.74. The number of rotatable bonds is 5. The van der Waals surface area contributed by atoms with Crippen molar-refractivity contribution in [1.82, 2.24) is 4.90 Å². The molecule has 1 amide bonds. The molecule has 0 N–H and O–H groups in total. The average Bonchev–Trinajstić information content (AvgIpc) is 2.85. The molecule has 8 heteroatoms. The van der Waals surface area contributed by atoms with Crippen molar-refractivity contribution in [2.75, 3.05) is 6.26 Å². The van der Waals surface area contributed by atoms with E-state index in [2.05, 4.69) is 0 Å². The second kappa shape index (κ2) is 6.19. The van der Waals surface area contributed by atoms with Crippen molar-refractivity contribution in [1.29, 1.82) is 0 Å². The first-order chi connectivity index (χ1) is 11.0. The van der Waals surface area contributed by atoms with Gasteiger partial charge in [0.2, 0.25) is 5.91 Å². The zero-order chi connectivity index (χ0) is 16.6. The molecule has 2 aliphatic rings. The van der Waals surface area contributed by atoms with Gasteiger partial charge < -0.3 is 9.64 Å². The second-order valence-corrected chi connectivity index (χ2v) is 6.72. The quantitative estimate of drug-likeness (QED) is 0.352. The fourth-order valence-corrected chi connectivity index (χ4v) is 4.01. The summed E-state index contributed by atoms with van der Waals surface area (Å²) in [6.45, 7) is 0.0428. The van der Waals surface area contributed by atoms with Gasteiger partial charge in [0, 0.05) is 29.8 Å². The number of benzene rings is 1. The molecular weight excluding hydrogens is 320 g/mol. The first-order valence-corrected chi connectivity index (χ1v) is 8.54. The Bertz CT molecular complexity index is 648. The van der Waals surface area contributed by atoms with Gasteiger partial charge in [0.05, 0.1) is 4.92 Å². The van der Waals surface area contributed by atoms with Crippen molar-refractivity contribution in [2.45, 2.75) is 36.8 Å². The number of hydrogen-bond donors (Lipinski definition) is 0. The molecule has 0 radical (unpaired) electrons. The van der Waals surface area contributed by atoms with E-state index in [9.17, 15) is 19.7 Å². The van der Waals surface area contributed by atoms with Gasteiger partial charge in [0.25, 0.3) is 5.69 Å². The summed E-state index contributed by atoms with van der Waals surface area (Å²) < 4.78 is 5.33. The van der Waals surface area contributed by atoms with Gasteiger partial charge in [-0.15, -0.1) is 0 Å². The lowest BCUT2D eigenvalue weighted by molar-refractivity contribution is -0.384. The molecule has 0 spiro atoms. The minimum absolute atomic E-state index is 0.00355. The van der Waals surface area contributed by atoms with Gasteiger partial charge in [-0.25, -0.2) is 4.79 Å². The van der Waals surface area contributed by atoms with Crippen LogP contribution in [0.25, 0.3) is 0 Å². The van der Waals surface area contributed by atoms with E-state index in [4.69, 9.17) is 4.74 Å². The highest BCUT2D eigenvalue weighted by Gasteiger charge is 2.54. The lowest BCUT2D eigenvalue weighted by atomic mass is 10.0. The Kier molecular flexibility index (Phi) is 4.25. The standard InChI is InChI=1S/C15H16N2O5S/c1-23-12-6-11-7-13(18)16(11)14(12)15(19)22-8-9-2-4-10(5-3-9)17(20)21/h2-5,11-12,14H,6-8H2,1H3/t11?,12-,14+/m1/s1. The lowest BCUT2D eigenvalue weighted by Crippen LogP contribution is -2.55. The van der Waals surface area contributed by atoms with Gasteiger partial charge in [-0.1, -0.05) is 0 Å². The molecule has 0 bridgehead atoms. The van der Waals surface area contributed by atoms with Crippen molar-refractivity contribution in [3.05, 3.63) is 39.9 Å². The third-order valence-corrected chi connectivity index (χ3v) is 5.38. The van der Waals surface area contributed by atoms with E-state index in [0.717, 1.165) is 6.42 Å². The van der Waals surface area contributed by atoms with Crippen LogP contribution in [0.5, 0.6) is 0 Å². The minimum atomic E-state index is -0.519. The Morgan fingerprint density at radius 1 is 1.43 bits per heavy atom. The largest absolute Gasteiger partial charge is 0.459 e. The predicted molar refractivity (Wildman–Crippen MR) is 83.9 cm³/mol. The van der Waals surface area contributed by atoms with Crippen LogP contribution in [0.4, 0.5) is 5.69 Å². The molecule has 0 saturated carbocycles. The van der Waals surface area contributed by atoms with Crippen LogP contribution in [-0.2, 0) is 20.9 Å². The van der Waals surface area contributed by atoms with Crippen LogP contribution in [0, 0.1) is 10.1 Å². The fourth-order valence-electron chi connectivity index (χ4n) is 3.10. The molecule has 2 fully saturated rings. The average molecular weight is 336 g/mol. The van der Waals surface area contributed by atoms with Gasteiger partial charge in [0.1, 0.15) is 12.6 Å². The number of nitro groups is 1. The molecule has 1 aromatic rings. The maximum Gasteiger partial charge on any atom is 0.330 e. The summed E-state index contributed by atoms with van der Waals surface area (Å²) in [5, 5.41) is 10.7. The third kappa shape index (κ3) is 2.90. The monoisotopic (exact) mass is 336 g/mol. The van der Waals surface area contributed by atoms with Crippen LogP contribution in [-0.4, -0.2) is 45.3 Å². The molecule has 1 unspecified atom stereocenters. The summed E-state index contributed by atoms with van der Waals surface area (Å²) in [5.41, 5.74) is 0.668. The number of thioether (sulfide) groups is 1. The van der Waals surface area contributed by atoms with E-state index in [1.54, 1.807) is 28.8 Å². The van der Waals surface area contributed by atoms with Crippen LogP contribution in [0.15, 0.2) is 24.3 Å². The van der Waals surface area contributed by atoms with Crippen LogP contribution in [0.1, 0.15) is 18.4 Å². The lowest BCUT2D eigenvalue weighted by Gasteiger charge is -2.37. The van der Waals surface area contributed by atoms with Crippen molar-refractivity contribution in [2.24, 2.45) is 0 Å². The topological polar surface area (TPSA) is 89.8 Å². The number of amides is 1. The molecule has 2 saturated heterocycles. The maximum absolute atomic E-state index is 12.4. The molecule has 0 aliphatic carbocycles. The first kappa shape index (κ1) is 15.8. The number of fused-ring (bicyclic) bond motifs is 1. The normalized spacial score (nSPS) is 25.7. The number of carbonyl (C=O) groups is 2. The third-order valence-electron chi connectivity index (χ3n) is 4.32. The highest BCUT2D eigenvalue weighted by atomic mass is 32.2. The Labute approximate surface area is 137 Å². The van der Waals surface area contributed by atoms with E-state index < -0.39 is 16.9 Å². The maximum atomic E-state index is 12.4. The number of non-ortho nitro benzene ring substituents is 1. The Morgan fingerprint density at radius 3 is 2.70 bits per heavy atom. The summed E-state index contributed by atoms with van der Waals surface area (Å²) in [4.78, 5) is 35.8. The molecule has 0 aromatic heterocycles. The summed E-state index contributed by atoms with van der Waals surface area (Å²) in [6.07, 6.45) is 3.27. The zero-order valence-corrected chi connectivity index (χ0v) is 13.3. The molecule has 23 heavy (non-hydrogen) atoms. The molecule has 1 aromatic carbocycles. The van der Waals surface area contributed by atoms with Crippen LogP contribution in [0.2, 0.25) is 0 Å². The number of ether oxygens (including phenoxy) is 1. The molecule has 2 heterocycles. The van der Waals surface area contributed by atoms with Gasteiger partial charge in [-0.2, -0.15) is 11.8 Å². The summed E-state index contributed by atoms with van der Waals surface area (Å²) >= 11 is 1.58. The van der Waals surface area contributed by atoms with Crippen LogP contribution >= 0.6 is 11.8 Å². The Balaban J connectivity index is 1.62. The fraction of sp³-hybridized carbons (Fsp3) is 0.467. The van der Waals surface area contributed by atoms with Gasteiger partial charge >= 0.3 is 5.97 Å². The first-order valence-electron chi connectivity index (χ1n) is 7.25. The second-order valence-electron chi connectivity index (χ2n) is 5.64. The van der Waals surface area contributed by atoms with Crippen LogP contribution in [0.3, 0.4) is 0 Å². The SMILES string of the molecule is CS[C@@H]1CC2CC(=O)N2[C@@H]1C(=O)OCc1ccc([N+](=O)[O-])cc1. The molecule has 2 aliphatic heterocycles. The smallest absolute Gasteiger partial charge is 0.330 e. The van der Waals surface area contributed by atoms with Crippen LogP contribution < -0.4 is 0 Å². The molecule has 122 valence electrons. The van der Waals surface area contributed by atoms with E-state index in [1.807, 2.05) is 6.26 Å². The van der Waals surface area contributed by atoms with Crippen molar-refractivity contribution in [3.8, 4) is 0 Å². The van der Waals surface area contributed by atoms with E-state index in [0.29, 0.717) is 12.0 Å². The highest BCUT2D eigenvalue weighted by Crippen LogP contribution is 2.40. The van der Waals surface area contributed by atoms with E-state index >= 15 is 0 Å². The summed E-state index contributed by atoms with van der Waals surface area (Å²) in [7, 11) is 0. The Hall–Kier alpha value is -2.09. The van der Waals surface area contributed by atoms with Crippen molar-refractivity contribution >= 4 is 29.3 Å². The van der Waals surface area contributed by atoms with Crippen molar-refractivity contribution < 1.29 is 19.2 Å². The number of carbonyl (C=O) groups excluding carboxylic acids is 2. The molecule has 7 nitrogen and oxygen atoms in total. The number of nitrogens with zero attached hydrogens (tertiary/aromatic N) is 2. The minimum Gasteiger partial charge on any atom is -0.459 e. The Morgan fingerprint density at radius 2 is 2.13 bits per heavy atom. The number of hydrogen-bond acceptors (Lipinski definition) is 6. The molecular formula is C15H16N2O5S. The summed E-state index contributed by atoms with van der Waals surface area (Å²) in [6, 6.07) is 5.51.